The maximum Gasteiger partial charge on any atom is 0.275 e. The van der Waals surface area contributed by atoms with Gasteiger partial charge in [0.2, 0.25) is 0 Å². The van der Waals surface area contributed by atoms with Gasteiger partial charge in [-0.1, -0.05) is 30.3 Å². The average molecular weight is 352 g/mol. The fourth-order valence-corrected chi connectivity index (χ4v) is 2.88. The second-order valence-corrected chi connectivity index (χ2v) is 6.37. The Balaban J connectivity index is 1.76. The Morgan fingerprint density at radius 1 is 1.12 bits per heavy atom. The molecule has 26 heavy (non-hydrogen) atoms. The van der Waals surface area contributed by atoms with E-state index in [1.54, 1.807) is 43.3 Å². The van der Waals surface area contributed by atoms with E-state index >= 15 is 0 Å². The second kappa shape index (κ2) is 6.97. The van der Waals surface area contributed by atoms with Crippen molar-refractivity contribution < 1.29 is 14.7 Å². The number of rotatable bonds is 4. The summed E-state index contributed by atoms with van der Waals surface area (Å²) in [5, 5.41) is 15.5. The maximum atomic E-state index is 12.8. The molecule has 7 nitrogen and oxygen atoms in total. The zero-order valence-corrected chi connectivity index (χ0v) is 14.6. The van der Waals surface area contributed by atoms with Crippen molar-refractivity contribution in [3.8, 4) is 5.75 Å². The molecule has 0 spiro atoms. The zero-order valence-electron chi connectivity index (χ0n) is 14.6. The molecular formula is C19H20N4O3. The smallest absolute Gasteiger partial charge is 0.275 e. The van der Waals surface area contributed by atoms with Crippen LogP contribution in [0.15, 0.2) is 59.7 Å². The Kier molecular flexibility index (Phi) is 4.73. The molecule has 0 unspecified atom stereocenters. The third kappa shape index (κ3) is 3.43. The molecule has 1 heterocycles. The summed E-state index contributed by atoms with van der Waals surface area (Å²) in [6, 6.07) is 15.1. The molecule has 1 aliphatic rings. The number of aromatic hydroxyl groups is 1. The quantitative estimate of drug-likeness (QED) is 0.736. The number of carbonyl (C=O) groups excluding carboxylic acids is 2. The lowest BCUT2D eigenvalue weighted by Gasteiger charge is -2.33. The molecule has 2 aromatic rings. The summed E-state index contributed by atoms with van der Waals surface area (Å²) < 4.78 is 0. The number of hydrogen-bond acceptors (Lipinski definition) is 5. The van der Waals surface area contributed by atoms with Crippen molar-refractivity contribution in [3.05, 3.63) is 65.7 Å². The molecule has 2 amide bonds. The molecule has 0 aromatic heterocycles. The van der Waals surface area contributed by atoms with Crippen LogP contribution in [0.3, 0.4) is 0 Å². The molecule has 0 saturated heterocycles. The van der Waals surface area contributed by atoms with Gasteiger partial charge in [-0.15, -0.1) is 0 Å². The number of nitrogens with zero attached hydrogens (tertiary/aromatic N) is 2. The lowest BCUT2D eigenvalue weighted by Crippen LogP contribution is -2.60. The maximum absolute atomic E-state index is 12.8. The fraction of sp³-hybridized carbons (Fsp3) is 0.211. The highest BCUT2D eigenvalue weighted by Crippen LogP contribution is 2.26. The summed E-state index contributed by atoms with van der Waals surface area (Å²) in [5.41, 5.74) is 5.95. The van der Waals surface area contributed by atoms with Gasteiger partial charge in [-0.25, -0.2) is 10.4 Å². The van der Waals surface area contributed by atoms with E-state index in [1.165, 1.54) is 17.1 Å². The minimum absolute atomic E-state index is 0.118. The van der Waals surface area contributed by atoms with Crippen molar-refractivity contribution in [2.45, 2.75) is 25.9 Å². The van der Waals surface area contributed by atoms with Gasteiger partial charge < -0.3 is 5.11 Å². The molecule has 1 aliphatic heterocycles. The highest BCUT2D eigenvalue weighted by atomic mass is 16.3. The van der Waals surface area contributed by atoms with Crippen LogP contribution in [0, 0.1) is 0 Å². The zero-order chi connectivity index (χ0) is 18.7. The van der Waals surface area contributed by atoms with E-state index in [0.29, 0.717) is 12.0 Å². The van der Waals surface area contributed by atoms with E-state index < -0.39 is 11.6 Å². The summed E-state index contributed by atoms with van der Waals surface area (Å²) in [7, 11) is 0. The van der Waals surface area contributed by atoms with Crippen molar-refractivity contribution in [1.82, 2.24) is 15.9 Å². The van der Waals surface area contributed by atoms with Crippen LogP contribution in [-0.2, 0) is 0 Å². The van der Waals surface area contributed by atoms with E-state index in [4.69, 9.17) is 0 Å². The van der Waals surface area contributed by atoms with Crippen molar-refractivity contribution in [3.63, 3.8) is 0 Å². The number of hydrazone groups is 1. The van der Waals surface area contributed by atoms with Crippen molar-refractivity contribution in [1.29, 1.82) is 0 Å². The second-order valence-electron chi connectivity index (χ2n) is 6.37. The van der Waals surface area contributed by atoms with Gasteiger partial charge in [0.05, 0.1) is 5.56 Å². The summed E-state index contributed by atoms with van der Waals surface area (Å²) in [6.07, 6.45) is 0.451. The van der Waals surface area contributed by atoms with Gasteiger partial charge >= 0.3 is 0 Å². The first-order valence-electron chi connectivity index (χ1n) is 8.20. The molecule has 0 bridgehead atoms. The predicted molar refractivity (Wildman–Crippen MR) is 97.5 cm³/mol. The van der Waals surface area contributed by atoms with E-state index in [0.717, 1.165) is 5.71 Å². The number of hydrogen-bond donors (Lipinski definition) is 3. The van der Waals surface area contributed by atoms with Crippen molar-refractivity contribution in [2.75, 3.05) is 0 Å². The normalized spacial score (nSPS) is 19.2. The van der Waals surface area contributed by atoms with Gasteiger partial charge in [0.15, 0.2) is 0 Å². The van der Waals surface area contributed by atoms with Crippen LogP contribution in [0.2, 0.25) is 0 Å². The largest absolute Gasteiger partial charge is 0.507 e. The molecule has 0 radical (unpaired) electrons. The topological polar surface area (TPSA) is 94.0 Å². The minimum Gasteiger partial charge on any atom is -0.507 e. The van der Waals surface area contributed by atoms with E-state index in [1.807, 2.05) is 13.0 Å². The van der Waals surface area contributed by atoms with Crippen LogP contribution >= 0.6 is 0 Å². The van der Waals surface area contributed by atoms with Crippen molar-refractivity contribution >= 4 is 17.5 Å². The number of nitrogens with one attached hydrogen (secondary N) is 2. The predicted octanol–water partition coefficient (Wildman–Crippen LogP) is 2.26. The molecule has 7 heteroatoms. The number of benzene rings is 2. The number of para-hydroxylation sites is 1. The van der Waals surface area contributed by atoms with Gasteiger partial charge in [-0.3, -0.25) is 15.0 Å². The molecular weight excluding hydrogens is 332 g/mol. The van der Waals surface area contributed by atoms with Gasteiger partial charge in [-0.2, -0.15) is 5.10 Å². The first kappa shape index (κ1) is 17.6. The lowest BCUT2D eigenvalue weighted by atomic mass is 10.1. The number of phenolic OH excluding ortho intramolecular Hbond substituents is 1. The summed E-state index contributed by atoms with van der Waals surface area (Å²) in [6.45, 7) is 3.60. The van der Waals surface area contributed by atoms with Gasteiger partial charge in [0, 0.05) is 17.7 Å². The third-order valence-corrected chi connectivity index (χ3v) is 4.15. The summed E-state index contributed by atoms with van der Waals surface area (Å²) in [5.74, 6) is -0.886. The van der Waals surface area contributed by atoms with Crippen LogP contribution in [0.25, 0.3) is 0 Å². The lowest BCUT2D eigenvalue weighted by molar-refractivity contribution is 0.0438. The van der Waals surface area contributed by atoms with Crippen LogP contribution in [-0.4, -0.2) is 33.3 Å². The number of hydrazine groups is 1. The standard InChI is InChI=1S/C19H20N4O3/c1-13-12-19(2,22-20-17(25)15-10-6-7-11-16(15)24)23(21-13)18(26)14-8-4-3-5-9-14/h3-11,22,24H,12H2,1-2H3,(H,20,25)/t19-/m1/s1. The highest BCUT2D eigenvalue weighted by molar-refractivity contribution is 5.98. The first-order valence-corrected chi connectivity index (χ1v) is 8.20. The molecule has 2 aromatic carbocycles. The van der Waals surface area contributed by atoms with Gasteiger partial charge in [0.1, 0.15) is 11.4 Å². The molecule has 3 N–H and O–H groups in total. The molecule has 0 saturated carbocycles. The Morgan fingerprint density at radius 2 is 1.77 bits per heavy atom. The Hall–Kier alpha value is -3.19. The number of carbonyl (C=O) groups is 2. The molecule has 1 atom stereocenters. The monoisotopic (exact) mass is 352 g/mol. The molecule has 134 valence electrons. The Morgan fingerprint density at radius 3 is 2.46 bits per heavy atom. The van der Waals surface area contributed by atoms with E-state index in [-0.39, 0.29) is 17.2 Å². The van der Waals surface area contributed by atoms with Gasteiger partial charge in [-0.05, 0) is 38.1 Å². The fourth-order valence-electron chi connectivity index (χ4n) is 2.88. The average Bonchev–Trinajstić information content (AvgIpc) is 2.95. The van der Waals surface area contributed by atoms with Crippen molar-refractivity contribution in [2.24, 2.45) is 5.10 Å². The molecule has 3 rings (SSSR count). The third-order valence-electron chi connectivity index (χ3n) is 4.15. The van der Waals surface area contributed by atoms with E-state index in [2.05, 4.69) is 16.0 Å². The SMILES string of the molecule is CC1=NN(C(=O)c2ccccc2)[C@@](C)(NNC(=O)c2ccccc2O)C1. The van der Waals surface area contributed by atoms with Gasteiger partial charge in [0.25, 0.3) is 11.8 Å². The molecule has 0 aliphatic carbocycles. The first-order chi connectivity index (χ1) is 12.4. The van der Waals surface area contributed by atoms with Crippen LogP contribution in [0.4, 0.5) is 0 Å². The summed E-state index contributed by atoms with van der Waals surface area (Å²) >= 11 is 0. The van der Waals surface area contributed by atoms with E-state index in [9.17, 15) is 14.7 Å². The van der Waals surface area contributed by atoms with Crippen LogP contribution in [0.1, 0.15) is 41.0 Å². The Bertz CT molecular complexity index is 866. The number of amides is 2. The Labute approximate surface area is 151 Å². The number of phenols is 1. The molecule has 0 fully saturated rings. The van der Waals surface area contributed by atoms with Crippen LogP contribution < -0.4 is 10.9 Å². The van der Waals surface area contributed by atoms with Crippen LogP contribution in [0.5, 0.6) is 5.75 Å². The minimum atomic E-state index is -0.920. The summed E-state index contributed by atoms with van der Waals surface area (Å²) in [4.78, 5) is 25.1. The highest BCUT2D eigenvalue weighted by Gasteiger charge is 2.41.